The molecule has 0 aliphatic carbocycles. The summed E-state index contributed by atoms with van der Waals surface area (Å²) in [5, 5.41) is 11.1. The maximum Gasteiger partial charge on any atom is 0.351 e. The van der Waals surface area contributed by atoms with Gasteiger partial charge in [-0.2, -0.15) is 8.42 Å². The highest BCUT2D eigenvalue weighted by atomic mass is 32.2. The standard InChI is InChI=1S/C37H64N6O7S2/c1-11-16-18-29(13-3)24-42(25-30(14-4)19-17-12-2)37(40(7)8)41(9)27-50-52(48,49)26-33-28(6)34(36(45)43(15-5)35(33)44)39-38-31-20-22-32(23-21-31)51(10,46)47/h20-23,29-30,38-39H,11-19,24-27H2,1-10H3/p+2. The third-order valence-electron chi connectivity index (χ3n) is 9.63. The molecule has 0 radical (unpaired) electrons. The van der Waals surface area contributed by atoms with Crippen molar-refractivity contribution in [3.8, 4) is 5.88 Å². The highest BCUT2D eigenvalue weighted by Gasteiger charge is 2.31. The van der Waals surface area contributed by atoms with Crippen LogP contribution in [0.25, 0.3) is 0 Å². The van der Waals surface area contributed by atoms with E-state index in [2.05, 4.69) is 38.0 Å². The fourth-order valence-electron chi connectivity index (χ4n) is 6.47. The van der Waals surface area contributed by atoms with Gasteiger partial charge in [0.05, 0.1) is 39.1 Å². The number of nitrogens with zero attached hydrogens (tertiary/aromatic N) is 4. The Morgan fingerprint density at radius 1 is 0.962 bits per heavy atom. The number of anilines is 1. The van der Waals surface area contributed by atoms with Crippen LogP contribution in [0.3, 0.4) is 0 Å². The summed E-state index contributed by atoms with van der Waals surface area (Å²) in [4.78, 5) is 17.7. The van der Waals surface area contributed by atoms with Crippen LogP contribution in [0.15, 0.2) is 34.0 Å². The Kier molecular flexibility index (Phi) is 18.1. The van der Waals surface area contributed by atoms with Gasteiger partial charge < -0.3 is 5.11 Å². The number of hydrogen-bond acceptors (Lipinski definition) is 8. The Hall–Kier alpha value is -3.14. The molecule has 0 saturated carbocycles. The van der Waals surface area contributed by atoms with Crippen molar-refractivity contribution in [2.24, 2.45) is 11.8 Å². The van der Waals surface area contributed by atoms with E-state index in [0.29, 0.717) is 17.5 Å². The molecule has 2 rings (SSSR count). The number of guanidine groups is 1. The summed E-state index contributed by atoms with van der Waals surface area (Å²) in [5.41, 5.74) is 4.96. The molecule has 15 heteroatoms. The molecule has 1 aromatic heterocycles. The first-order chi connectivity index (χ1) is 24.4. The van der Waals surface area contributed by atoms with Crippen LogP contribution >= 0.6 is 0 Å². The van der Waals surface area contributed by atoms with Crippen molar-refractivity contribution in [2.45, 2.75) is 110 Å². The maximum atomic E-state index is 13.6. The van der Waals surface area contributed by atoms with E-state index >= 15 is 0 Å². The smallest absolute Gasteiger partial charge is 0.351 e. The molecule has 1 aromatic carbocycles. The molecule has 296 valence electrons. The predicted octanol–water partition coefficient (Wildman–Crippen LogP) is 4.61. The monoisotopic (exact) mass is 770 g/mol. The number of benzene rings is 1. The Bertz CT molecular complexity index is 1720. The highest BCUT2D eigenvalue weighted by molar-refractivity contribution is 7.90. The number of unbranched alkanes of at least 4 members (excludes halogenated alkanes) is 2. The summed E-state index contributed by atoms with van der Waals surface area (Å²) in [6.45, 7) is 13.7. The summed E-state index contributed by atoms with van der Waals surface area (Å²) in [6, 6.07) is 6.11. The van der Waals surface area contributed by atoms with Crippen molar-refractivity contribution < 1.29 is 36.1 Å². The molecule has 52 heavy (non-hydrogen) atoms. The number of sulfone groups is 1. The van der Waals surface area contributed by atoms with E-state index in [1.165, 1.54) is 30.4 Å². The largest absolute Gasteiger partial charge is 0.494 e. The van der Waals surface area contributed by atoms with Gasteiger partial charge in [0, 0.05) is 30.5 Å². The van der Waals surface area contributed by atoms with Crippen molar-refractivity contribution in [1.29, 1.82) is 0 Å². The second kappa shape index (κ2) is 20.9. The van der Waals surface area contributed by atoms with Crippen molar-refractivity contribution >= 4 is 37.3 Å². The number of pyridine rings is 1. The first kappa shape index (κ1) is 45.0. The first-order valence-corrected chi connectivity index (χ1v) is 22.1. The molecule has 4 N–H and O–H groups in total. The summed E-state index contributed by atoms with van der Waals surface area (Å²) < 4.78 is 59.6. The lowest BCUT2D eigenvalue weighted by molar-refractivity contribution is -0.538. The fraction of sp³-hybridized carbons (Fsp3) is 0.676. The molecule has 0 spiro atoms. The summed E-state index contributed by atoms with van der Waals surface area (Å²) >= 11 is 0. The average Bonchev–Trinajstić information content (AvgIpc) is 3.09. The van der Waals surface area contributed by atoms with Crippen LogP contribution < -0.4 is 16.4 Å². The normalized spacial score (nSPS) is 13.1. The Morgan fingerprint density at radius 2 is 1.50 bits per heavy atom. The molecule has 0 bridgehead atoms. The van der Waals surface area contributed by atoms with Crippen molar-refractivity contribution in [2.75, 3.05) is 52.6 Å². The molecular formula is C37H66N6O7S2+2. The van der Waals surface area contributed by atoms with Crippen molar-refractivity contribution in [1.82, 2.24) is 14.4 Å². The summed E-state index contributed by atoms with van der Waals surface area (Å²) in [5.74, 6) is 0.801. The maximum absolute atomic E-state index is 13.6. The number of quaternary nitrogens is 1. The number of aromatic hydroxyl groups is 1. The molecule has 2 unspecified atom stereocenters. The SMILES string of the molecule is CCCCC(CC)CN(CC(CC)CCCC)C(N(C)COS(=O)(=O)Cc1c(C)c(N[NH2+]c2ccc(S(C)(=O)=O)cc2)c(=O)n(CC)c1O)=[N+](C)C. The molecule has 0 fully saturated rings. The Morgan fingerprint density at radius 3 is 1.94 bits per heavy atom. The van der Waals surface area contributed by atoms with Gasteiger partial charge in [-0.05, 0) is 56.2 Å². The zero-order valence-electron chi connectivity index (χ0n) is 33.2. The van der Waals surface area contributed by atoms with E-state index in [-0.39, 0.29) is 35.0 Å². The zero-order valence-corrected chi connectivity index (χ0v) is 34.9. The van der Waals surface area contributed by atoms with Crippen molar-refractivity contribution in [3.05, 3.63) is 45.7 Å². The number of nitrogen functional groups attached to an aromatic ring is 1. The Labute approximate surface area is 313 Å². The van der Waals surface area contributed by atoms with Crippen LogP contribution in [0.1, 0.15) is 97.1 Å². The second-order valence-corrected chi connectivity index (χ2v) is 17.7. The van der Waals surface area contributed by atoms with Crippen LogP contribution in [0.2, 0.25) is 0 Å². The van der Waals surface area contributed by atoms with Gasteiger partial charge in [-0.15, -0.1) is 0 Å². The minimum absolute atomic E-state index is 0.0503. The molecule has 0 saturated heterocycles. The van der Waals surface area contributed by atoms with Gasteiger partial charge in [0.2, 0.25) is 0 Å². The van der Waals surface area contributed by atoms with Gasteiger partial charge in [0.15, 0.2) is 33.8 Å². The third-order valence-corrected chi connectivity index (χ3v) is 11.9. The molecule has 0 amide bonds. The highest BCUT2D eigenvalue weighted by Crippen LogP contribution is 2.27. The minimum atomic E-state index is -4.24. The van der Waals surface area contributed by atoms with Crippen LogP contribution in [-0.2, 0) is 36.4 Å². The van der Waals surface area contributed by atoms with Crippen LogP contribution in [-0.4, -0.2) is 94.1 Å². The van der Waals surface area contributed by atoms with Gasteiger partial charge >= 0.3 is 5.96 Å². The number of nitrogens with one attached hydrogen (secondary N) is 1. The average molecular weight is 771 g/mol. The third kappa shape index (κ3) is 13.1. The summed E-state index contributed by atoms with van der Waals surface area (Å²) in [6.07, 6.45) is 10.1. The quantitative estimate of drug-likeness (QED) is 0.0226. The van der Waals surface area contributed by atoms with Crippen LogP contribution in [0.5, 0.6) is 5.88 Å². The molecule has 13 nitrogen and oxygen atoms in total. The lowest BCUT2D eigenvalue weighted by atomic mass is 9.96. The van der Waals surface area contributed by atoms with Crippen LogP contribution in [0.4, 0.5) is 11.4 Å². The number of nitrogens with two attached hydrogens (primary N) is 1. The van der Waals surface area contributed by atoms with E-state index in [1.807, 2.05) is 30.6 Å². The van der Waals surface area contributed by atoms with E-state index in [9.17, 15) is 26.7 Å². The van der Waals surface area contributed by atoms with Gasteiger partial charge in [0.1, 0.15) is 5.75 Å². The lowest BCUT2D eigenvalue weighted by Crippen LogP contribution is -2.83. The van der Waals surface area contributed by atoms with E-state index in [4.69, 9.17) is 4.18 Å². The minimum Gasteiger partial charge on any atom is -0.494 e. The molecule has 2 aromatic rings. The first-order valence-electron chi connectivity index (χ1n) is 18.7. The van der Waals surface area contributed by atoms with Gasteiger partial charge in [-0.1, -0.05) is 66.2 Å². The van der Waals surface area contributed by atoms with E-state index in [1.54, 1.807) is 26.0 Å². The van der Waals surface area contributed by atoms with Crippen LogP contribution in [0, 0.1) is 18.8 Å². The fourth-order valence-corrected chi connectivity index (χ4v) is 8.20. The van der Waals surface area contributed by atoms with Gasteiger partial charge in [-0.3, -0.25) is 18.8 Å². The molecular weight excluding hydrogens is 705 g/mol. The number of aromatic nitrogens is 1. The predicted molar refractivity (Wildman–Crippen MR) is 209 cm³/mol. The number of rotatable bonds is 22. The second-order valence-electron chi connectivity index (χ2n) is 14.1. The number of hydrogen-bond donors (Lipinski definition) is 3. The van der Waals surface area contributed by atoms with E-state index in [0.717, 1.165) is 68.4 Å². The van der Waals surface area contributed by atoms with Gasteiger partial charge in [0.25, 0.3) is 15.7 Å². The molecule has 2 atom stereocenters. The van der Waals surface area contributed by atoms with Gasteiger partial charge in [-0.25, -0.2) is 28.4 Å². The molecule has 0 aliphatic rings. The van der Waals surface area contributed by atoms with E-state index < -0.39 is 37.1 Å². The van der Waals surface area contributed by atoms with Crippen molar-refractivity contribution in [3.63, 3.8) is 0 Å². The topological polar surface area (TPSA) is 158 Å². The zero-order chi connectivity index (χ0) is 39.2. The molecule has 1 heterocycles. The lowest BCUT2D eigenvalue weighted by Gasteiger charge is -2.32. The Balaban J connectivity index is 2.36. The summed E-state index contributed by atoms with van der Waals surface area (Å²) in [7, 11) is -1.85. The molecule has 0 aliphatic heterocycles.